The molecule has 0 atom stereocenters. The predicted octanol–water partition coefficient (Wildman–Crippen LogP) is 4.13. The second-order valence-electron chi connectivity index (χ2n) is 7.83. The van der Waals surface area contributed by atoms with Gasteiger partial charge in [0.2, 0.25) is 10.0 Å². The first-order chi connectivity index (χ1) is 13.8. The molecule has 2 fully saturated rings. The van der Waals surface area contributed by atoms with E-state index >= 15 is 0 Å². The Bertz CT molecular complexity index is 1090. The van der Waals surface area contributed by atoms with Crippen LogP contribution in [0.5, 0.6) is 0 Å². The quantitative estimate of drug-likeness (QED) is 0.682. The molecule has 0 radical (unpaired) electrons. The van der Waals surface area contributed by atoms with Crippen molar-refractivity contribution in [2.75, 3.05) is 13.1 Å². The van der Waals surface area contributed by atoms with Gasteiger partial charge >= 0.3 is 0 Å². The maximum Gasteiger partial charge on any atom is 0.243 e. The number of rotatable bonds is 5. The minimum Gasteiger partial charge on any atom is -0.228 e. The number of hydrogen-bond donors (Lipinski definition) is 0. The molecule has 1 aliphatic carbocycles. The van der Waals surface area contributed by atoms with Crippen LogP contribution in [-0.2, 0) is 19.9 Å². The molecule has 2 aromatic rings. The SMILES string of the molecule is O=S(=O)(C1CCCCC1)C1CN(S(=O)(=O)c2cccc(-c3ccc(Cl)cc3)c2)C1. The first-order valence-corrected chi connectivity index (χ1v) is 13.3. The van der Waals surface area contributed by atoms with Gasteiger partial charge in [0.1, 0.15) is 0 Å². The van der Waals surface area contributed by atoms with E-state index in [1.807, 2.05) is 18.2 Å². The molecular formula is C21H24ClNO4S2. The summed E-state index contributed by atoms with van der Waals surface area (Å²) in [5.74, 6) is 0. The third-order valence-electron chi connectivity index (χ3n) is 5.95. The van der Waals surface area contributed by atoms with Crippen molar-refractivity contribution in [3.63, 3.8) is 0 Å². The molecule has 8 heteroatoms. The van der Waals surface area contributed by atoms with E-state index in [2.05, 4.69) is 0 Å². The highest BCUT2D eigenvalue weighted by molar-refractivity contribution is 7.93. The fourth-order valence-corrected chi connectivity index (χ4v) is 8.30. The summed E-state index contributed by atoms with van der Waals surface area (Å²) in [6.07, 6.45) is 4.37. The number of nitrogens with zero attached hydrogens (tertiary/aromatic N) is 1. The molecule has 29 heavy (non-hydrogen) atoms. The van der Waals surface area contributed by atoms with Crippen LogP contribution in [0.25, 0.3) is 11.1 Å². The second kappa shape index (κ2) is 8.02. The minimum atomic E-state index is -3.72. The molecule has 0 bridgehead atoms. The molecule has 0 N–H and O–H groups in total. The highest BCUT2D eigenvalue weighted by Crippen LogP contribution is 2.33. The topological polar surface area (TPSA) is 71.5 Å². The van der Waals surface area contributed by atoms with E-state index in [0.29, 0.717) is 17.9 Å². The van der Waals surface area contributed by atoms with Crippen molar-refractivity contribution < 1.29 is 16.8 Å². The summed E-state index contributed by atoms with van der Waals surface area (Å²) in [5, 5.41) is -0.275. The van der Waals surface area contributed by atoms with Crippen LogP contribution in [0.15, 0.2) is 53.4 Å². The average Bonchev–Trinajstić information content (AvgIpc) is 2.68. The maximum absolute atomic E-state index is 13.0. The zero-order valence-electron chi connectivity index (χ0n) is 16.0. The molecule has 4 rings (SSSR count). The van der Waals surface area contributed by atoms with Gasteiger partial charge in [-0.25, -0.2) is 16.8 Å². The molecule has 5 nitrogen and oxygen atoms in total. The van der Waals surface area contributed by atoms with E-state index in [-0.39, 0.29) is 23.2 Å². The van der Waals surface area contributed by atoms with Crippen LogP contribution < -0.4 is 0 Å². The van der Waals surface area contributed by atoms with E-state index in [9.17, 15) is 16.8 Å². The lowest BCUT2D eigenvalue weighted by molar-refractivity contribution is 0.306. The van der Waals surface area contributed by atoms with Gasteiger partial charge in [-0.1, -0.05) is 55.1 Å². The number of benzene rings is 2. The number of sulfonamides is 1. The van der Waals surface area contributed by atoms with E-state index < -0.39 is 25.1 Å². The summed E-state index contributed by atoms with van der Waals surface area (Å²) in [4.78, 5) is 0.179. The first-order valence-electron chi connectivity index (χ1n) is 9.87. The lowest BCUT2D eigenvalue weighted by Crippen LogP contribution is -2.58. The molecule has 0 amide bonds. The second-order valence-corrected chi connectivity index (χ2v) is 12.7. The summed E-state index contributed by atoms with van der Waals surface area (Å²) in [5.41, 5.74) is 1.64. The maximum atomic E-state index is 13.0. The average molecular weight is 454 g/mol. The van der Waals surface area contributed by atoms with Crippen LogP contribution in [0.2, 0.25) is 5.02 Å². The van der Waals surface area contributed by atoms with Crippen molar-refractivity contribution in [2.45, 2.75) is 47.5 Å². The molecule has 1 heterocycles. The van der Waals surface area contributed by atoms with Gasteiger partial charge in [0.05, 0.1) is 15.4 Å². The Labute approximate surface area is 177 Å². The van der Waals surface area contributed by atoms with E-state index in [0.717, 1.165) is 30.4 Å². The standard InChI is InChI=1S/C21H24ClNO4S2/c22-18-11-9-16(10-12-18)17-5-4-8-20(13-17)29(26,27)23-14-21(15-23)28(24,25)19-6-2-1-3-7-19/h4-5,8-13,19,21H,1-3,6-7,14-15H2. The van der Waals surface area contributed by atoms with Crippen molar-refractivity contribution in [3.8, 4) is 11.1 Å². The Morgan fingerprint density at radius 3 is 2.10 bits per heavy atom. The van der Waals surface area contributed by atoms with E-state index in [4.69, 9.17) is 11.6 Å². The summed E-state index contributed by atoms with van der Waals surface area (Å²) >= 11 is 5.93. The van der Waals surface area contributed by atoms with Gasteiger partial charge in [-0.2, -0.15) is 4.31 Å². The largest absolute Gasteiger partial charge is 0.243 e. The number of halogens is 1. The van der Waals surface area contributed by atoms with Gasteiger partial charge in [-0.05, 0) is 48.2 Å². The molecule has 1 aliphatic heterocycles. The van der Waals surface area contributed by atoms with Gasteiger partial charge in [0, 0.05) is 18.1 Å². The van der Waals surface area contributed by atoms with Crippen molar-refractivity contribution in [3.05, 3.63) is 53.6 Å². The molecule has 2 aliphatic rings. The highest BCUT2D eigenvalue weighted by Gasteiger charge is 2.46. The van der Waals surface area contributed by atoms with Crippen molar-refractivity contribution in [1.29, 1.82) is 0 Å². The van der Waals surface area contributed by atoms with Crippen molar-refractivity contribution >= 4 is 31.5 Å². The normalized spacial score (nSPS) is 19.8. The fraction of sp³-hybridized carbons (Fsp3) is 0.429. The monoisotopic (exact) mass is 453 g/mol. The Balaban J connectivity index is 1.50. The molecular weight excluding hydrogens is 430 g/mol. The minimum absolute atomic E-state index is 0.0480. The molecule has 1 saturated heterocycles. The van der Waals surface area contributed by atoms with Crippen LogP contribution in [-0.4, -0.2) is 44.7 Å². The Hall–Kier alpha value is -1.41. The third-order valence-corrected chi connectivity index (χ3v) is 10.7. The Morgan fingerprint density at radius 2 is 1.45 bits per heavy atom. The fourth-order valence-electron chi connectivity index (χ4n) is 4.10. The smallest absolute Gasteiger partial charge is 0.228 e. The zero-order chi connectivity index (χ0) is 20.6. The molecule has 0 spiro atoms. The zero-order valence-corrected chi connectivity index (χ0v) is 18.4. The van der Waals surface area contributed by atoms with E-state index in [1.54, 1.807) is 30.3 Å². The third kappa shape index (κ3) is 4.10. The van der Waals surface area contributed by atoms with Crippen molar-refractivity contribution in [2.24, 2.45) is 0 Å². The van der Waals surface area contributed by atoms with Crippen molar-refractivity contribution in [1.82, 2.24) is 4.31 Å². The highest BCUT2D eigenvalue weighted by atomic mass is 35.5. The van der Waals surface area contributed by atoms with Crippen LogP contribution >= 0.6 is 11.6 Å². The Morgan fingerprint density at radius 1 is 0.793 bits per heavy atom. The summed E-state index contributed by atoms with van der Waals surface area (Å²) in [6.45, 7) is 0.0959. The summed E-state index contributed by atoms with van der Waals surface area (Å²) in [7, 11) is -7.00. The van der Waals surface area contributed by atoms with Gasteiger partial charge in [-0.3, -0.25) is 0 Å². The van der Waals surface area contributed by atoms with Crippen LogP contribution in [0, 0.1) is 0 Å². The first kappa shape index (κ1) is 20.8. The lowest BCUT2D eigenvalue weighted by Gasteiger charge is -2.39. The van der Waals surface area contributed by atoms with Gasteiger partial charge < -0.3 is 0 Å². The van der Waals surface area contributed by atoms with Gasteiger partial charge in [0.25, 0.3) is 0 Å². The molecule has 0 unspecified atom stereocenters. The summed E-state index contributed by atoms with van der Waals surface area (Å²) < 4.78 is 52.9. The Kier molecular flexibility index (Phi) is 5.77. The summed E-state index contributed by atoms with van der Waals surface area (Å²) in [6, 6.07) is 13.9. The molecule has 1 saturated carbocycles. The predicted molar refractivity (Wildman–Crippen MR) is 115 cm³/mol. The number of sulfone groups is 1. The molecule has 156 valence electrons. The number of hydrogen-bond acceptors (Lipinski definition) is 4. The van der Waals surface area contributed by atoms with Gasteiger partial charge in [-0.15, -0.1) is 0 Å². The van der Waals surface area contributed by atoms with Crippen LogP contribution in [0.4, 0.5) is 0 Å². The lowest BCUT2D eigenvalue weighted by atomic mass is 10.0. The molecule has 2 aromatic carbocycles. The van der Waals surface area contributed by atoms with Crippen LogP contribution in [0.1, 0.15) is 32.1 Å². The van der Waals surface area contributed by atoms with Gasteiger partial charge in [0.15, 0.2) is 9.84 Å². The van der Waals surface area contributed by atoms with Crippen LogP contribution in [0.3, 0.4) is 0 Å². The van der Waals surface area contributed by atoms with E-state index in [1.165, 1.54) is 4.31 Å². The molecule has 0 aromatic heterocycles.